The number of benzene rings is 1. The molecule has 3 saturated heterocycles. The normalized spacial score (nSPS) is 24.9. The Morgan fingerprint density at radius 3 is 1.98 bits per heavy atom. The maximum absolute atomic E-state index is 16.7. The van der Waals surface area contributed by atoms with E-state index in [-0.39, 0.29) is 98.8 Å². The fraction of sp³-hybridized carbons (Fsp3) is 0.547. The molecule has 3 aliphatic heterocycles. The minimum Gasteiger partial charge on any atom is -0.481 e. The van der Waals surface area contributed by atoms with Gasteiger partial charge in [0.1, 0.15) is 61.3 Å². The molecule has 40 heteroatoms. The highest BCUT2D eigenvalue weighted by atomic mass is 32.5. The zero-order valence-electron chi connectivity index (χ0n) is 50.3. The second-order valence-corrected chi connectivity index (χ2v) is 27.7. The number of nitrogens with two attached hydrogens (primary N) is 2. The Hall–Kier alpha value is -7.48. The van der Waals surface area contributed by atoms with Gasteiger partial charge in [0.05, 0.1) is 57.0 Å². The number of carbonyl (C=O) groups excluding carboxylic acids is 7. The minimum atomic E-state index is -4.43. The molecule has 3 aliphatic rings. The number of carbonyl (C=O) groups is 8. The van der Waals surface area contributed by atoms with E-state index in [9.17, 15) is 48.1 Å². The number of aromatic nitrogens is 8. The molecule has 506 valence electrons. The number of fused-ring (bicyclic) bond motifs is 4. The Morgan fingerprint density at radius 1 is 0.796 bits per heavy atom. The van der Waals surface area contributed by atoms with Gasteiger partial charge >= 0.3 is 37.5 Å². The summed E-state index contributed by atoms with van der Waals surface area (Å²) in [4.78, 5) is 149. The number of primary amides is 1. The summed E-state index contributed by atoms with van der Waals surface area (Å²) in [5.41, 5.74) is 12.3. The van der Waals surface area contributed by atoms with Crippen molar-refractivity contribution in [3.05, 3.63) is 60.8 Å². The molecule has 11 N–H and O–H groups in total. The third-order valence-electron chi connectivity index (χ3n) is 14.9. The Kier molecular flexibility index (Phi) is 24.3. The van der Waals surface area contributed by atoms with Crippen LogP contribution in [0.1, 0.15) is 76.6 Å². The van der Waals surface area contributed by atoms with E-state index in [1.54, 1.807) is 38.1 Å². The number of ketones is 1. The Morgan fingerprint density at radius 2 is 1.39 bits per heavy atom. The first-order valence-electron chi connectivity index (χ1n) is 28.9. The molecule has 0 radical (unpaired) electrons. The fourth-order valence-corrected chi connectivity index (χ4v) is 12.9. The number of ether oxygens (including phenoxy) is 4. The third kappa shape index (κ3) is 18.9. The smallest absolute Gasteiger partial charge is 0.409 e. The number of hydrogen-bond donors (Lipinski definition) is 9. The first kappa shape index (κ1) is 71.4. The van der Waals surface area contributed by atoms with Gasteiger partial charge in [0.2, 0.25) is 17.7 Å². The van der Waals surface area contributed by atoms with E-state index in [2.05, 4.69) is 51.2 Å². The van der Waals surface area contributed by atoms with Crippen LogP contribution in [0.4, 0.5) is 29.9 Å². The summed E-state index contributed by atoms with van der Waals surface area (Å²) in [6.45, 7) is -5.96. The van der Waals surface area contributed by atoms with E-state index in [4.69, 9.17) is 77.2 Å². The van der Waals surface area contributed by atoms with Gasteiger partial charge in [0, 0.05) is 50.5 Å². The van der Waals surface area contributed by atoms with Crippen LogP contribution >= 0.6 is 13.4 Å². The lowest BCUT2D eigenvalue weighted by atomic mass is 9.89. The number of nitrogens with one attached hydrogen (secondary N) is 4. The van der Waals surface area contributed by atoms with Crippen LogP contribution in [0.25, 0.3) is 22.3 Å². The Balaban J connectivity index is 0.797. The number of hydrogen-bond acceptors (Lipinski definition) is 25. The van der Waals surface area contributed by atoms with Crippen LogP contribution in [0.5, 0.6) is 0 Å². The number of alkyl halides is 2. The second-order valence-electron chi connectivity index (χ2n) is 22.1. The quantitative estimate of drug-likeness (QED) is 0.0217. The van der Waals surface area contributed by atoms with Crippen LogP contribution in [0.15, 0.2) is 49.6 Å². The van der Waals surface area contributed by atoms with Crippen molar-refractivity contribution < 1.29 is 99.1 Å². The van der Waals surface area contributed by atoms with Crippen molar-refractivity contribution in [2.45, 2.75) is 121 Å². The van der Waals surface area contributed by atoms with E-state index in [1.807, 2.05) is 0 Å². The fourth-order valence-electron chi connectivity index (χ4n) is 10.0. The van der Waals surface area contributed by atoms with Crippen molar-refractivity contribution in [3.63, 3.8) is 0 Å². The van der Waals surface area contributed by atoms with Crippen molar-refractivity contribution in [2.24, 2.45) is 23.5 Å². The summed E-state index contributed by atoms with van der Waals surface area (Å²) in [6, 6.07) is 4.51. The first-order chi connectivity index (χ1) is 44.1. The molecule has 34 nitrogen and oxygen atoms in total. The van der Waals surface area contributed by atoms with E-state index in [0.717, 1.165) is 23.9 Å². The monoisotopic (exact) mass is 1380 g/mol. The Labute approximate surface area is 538 Å². The number of likely N-dealkylation sites (N-methyl/N-ethyl adjacent to an activating group) is 1. The number of aliphatic carboxylic acids is 1. The number of carboxylic acid groups (broad SMARTS) is 1. The molecule has 1 aromatic carbocycles. The predicted molar refractivity (Wildman–Crippen MR) is 326 cm³/mol. The summed E-state index contributed by atoms with van der Waals surface area (Å²) in [5.74, 6) is -6.11. The molecule has 6 amide bonds. The highest BCUT2D eigenvalue weighted by Crippen LogP contribution is 2.55. The van der Waals surface area contributed by atoms with Gasteiger partial charge < -0.3 is 80.5 Å². The van der Waals surface area contributed by atoms with Gasteiger partial charge in [-0.15, -0.1) is 0 Å². The van der Waals surface area contributed by atoms with Gasteiger partial charge in [0.15, 0.2) is 47.7 Å². The van der Waals surface area contributed by atoms with Gasteiger partial charge in [-0.25, -0.2) is 48.3 Å². The zero-order valence-corrected chi connectivity index (χ0v) is 53.7. The number of rotatable bonds is 26. The number of carboxylic acids is 1. The van der Waals surface area contributed by atoms with Crippen LogP contribution in [-0.4, -0.2) is 196 Å². The molecule has 7 heterocycles. The van der Waals surface area contributed by atoms with E-state index in [0.29, 0.717) is 11.3 Å². The van der Waals surface area contributed by atoms with Gasteiger partial charge in [-0.05, 0) is 60.1 Å². The number of amides is 6. The molecular formula is C53H69F2N15O19P2S2. The highest BCUT2D eigenvalue weighted by molar-refractivity contribution is 8.07. The van der Waals surface area contributed by atoms with Gasteiger partial charge in [0.25, 0.3) is 0 Å². The molecular weight excluding hydrogens is 1310 g/mol. The Bertz CT molecular complexity index is 3660. The number of urea groups is 1. The van der Waals surface area contributed by atoms with Crippen molar-refractivity contribution in [1.29, 1.82) is 0 Å². The number of anilines is 2. The molecule has 3 fully saturated rings. The zero-order chi connectivity index (χ0) is 67.5. The van der Waals surface area contributed by atoms with Gasteiger partial charge in [-0.3, -0.25) is 46.9 Å². The third-order valence-corrected chi connectivity index (χ3v) is 18.0. The van der Waals surface area contributed by atoms with Crippen molar-refractivity contribution in [2.75, 3.05) is 57.6 Å². The second kappa shape index (κ2) is 31.6. The summed E-state index contributed by atoms with van der Waals surface area (Å²) in [7, 11) is 1.41. The lowest BCUT2D eigenvalue weighted by Gasteiger charge is -2.29. The standard InChI is InChI=1S/C53H69F2N15O19P2S2/c1-26(2)40(67-35(72)11-13-58-48(76)27(3)16-36(73)74)32(71)17-29(6-5-12-59-52(57)78)49(77)66-30-9-7-28(8-10-30)19-83-53(79)68(4)14-15-82-37(75)18-31-41-46(62-22-60-31)69(24-64-41)50-38(54)43-33(86-50)20-84-91(81,93)89-44-34(21-85-90(80,92)88-43)87-51(39(44)55)70-25-65-42-45(56)61-23-63-47(42)70/h7-10,22-27,29,33-34,38-40,43-44,50-51H,5-6,11-21H2,1-4H3,(H,58,76)(H,66,77)(H,67,72)(H,73,74)(H,80,92)(H,81,93)(H2,56,61,63)(H3,57,59,78)/t27?,29-,33-,34-,38-,39-,40+,43-,44-,50-,51-,90?,91?/m1/s1. The molecule has 0 spiro atoms. The SMILES string of the molecule is CC(CC(=O)O)C(=O)NCCC(=O)N[C@H](C(=O)C[C@@H](CCCNC(N)=O)C(=O)Nc1ccc(COC(=O)N(C)CCOC(=O)Cc2ncnc3c2ncn3[C@@H]2O[C@@H]3COP(O)(=S)O[C@H]4[C@@H](F)[C@H](n5cnc6c(N)ncnc65)O[C@@H]4COP(O)(=S)O[C@H]3[C@H]2F)cc1)C(C)C. The minimum absolute atomic E-state index is 0.0138. The first-order valence-corrected chi connectivity index (χ1v) is 34.0. The van der Waals surface area contributed by atoms with Crippen LogP contribution in [0.3, 0.4) is 0 Å². The molecule has 3 unspecified atom stereocenters. The van der Waals surface area contributed by atoms with Crippen molar-refractivity contribution >= 4 is 118 Å². The van der Waals surface area contributed by atoms with Crippen LogP contribution in [0, 0.1) is 17.8 Å². The van der Waals surface area contributed by atoms with Crippen LogP contribution < -0.4 is 32.7 Å². The van der Waals surface area contributed by atoms with Crippen molar-refractivity contribution in [1.82, 2.24) is 59.9 Å². The van der Waals surface area contributed by atoms with Crippen LogP contribution in [0.2, 0.25) is 0 Å². The summed E-state index contributed by atoms with van der Waals surface area (Å²) >= 11 is 10.5. The highest BCUT2D eigenvalue weighted by Gasteiger charge is 2.54. The van der Waals surface area contributed by atoms with E-state index < -0.39 is 154 Å². The molecule has 13 atom stereocenters. The number of Topliss-reactive ketones (excluding diaryl/α,β-unsaturated/α-hetero) is 1. The number of nitrogen functional groups attached to an aromatic ring is 1. The van der Waals surface area contributed by atoms with E-state index in [1.165, 1.54) is 29.4 Å². The largest absolute Gasteiger partial charge is 0.481 e. The lowest BCUT2D eigenvalue weighted by molar-refractivity contribution is -0.143. The molecule has 0 bridgehead atoms. The van der Waals surface area contributed by atoms with E-state index >= 15 is 8.78 Å². The molecule has 0 aliphatic carbocycles. The van der Waals surface area contributed by atoms with Crippen molar-refractivity contribution in [3.8, 4) is 0 Å². The average Bonchev–Trinajstić information content (AvgIpc) is 1.62. The lowest BCUT2D eigenvalue weighted by Crippen LogP contribution is -2.46. The molecule has 0 saturated carbocycles. The van der Waals surface area contributed by atoms with Gasteiger partial charge in [-0.2, -0.15) is 0 Å². The van der Waals surface area contributed by atoms with Gasteiger partial charge in [-0.1, -0.05) is 32.9 Å². The predicted octanol–water partition coefficient (Wildman–Crippen LogP) is 2.04. The molecule has 93 heavy (non-hydrogen) atoms. The number of esters is 1. The molecule has 5 aromatic rings. The topological polar surface area (TPSA) is 462 Å². The maximum Gasteiger partial charge on any atom is 0.409 e. The summed E-state index contributed by atoms with van der Waals surface area (Å²) in [6.07, 6.45) is -10.8. The maximum atomic E-state index is 16.7. The number of imidazole rings is 2. The summed E-state index contributed by atoms with van der Waals surface area (Å²) < 4.78 is 80.7. The number of halogens is 2. The molecule has 4 aromatic heterocycles. The van der Waals surface area contributed by atoms with Crippen LogP contribution in [-0.2, 0) is 102 Å². The molecule has 8 rings (SSSR count). The average molecular weight is 1380 g/mol. The summed E-state index contributed by atoms with van der Waals surface area (Å²) in [5, 5.41) is 19.3. The number of nitrogens with zero attached hydrogens (tertiary/aromatic N) is 9.